The Balaban J connectivity index is 3.07. The molecule has 1 aromatic rings. The highest BCUT2D eigenvalue weighted by Crippen LogP contribution is 2.24. The van der Waals surface area contributed by atoms with Crippen LogP contribution >= 0.6 is 0 Å². The van der Waals surface area contributed by atoms with Crippen molar-refractivity contribution in [2.24, 2.45) is 5.73 Å². The van der Waals surface area contributed by atoms with Crippen LogP contribution in [0.25, 0.3) is 0 Å². The van der Waals surface area contributed by atoms with E-state index in [1.54, 1.807) is 37.3 Å². The highest BCUT2D eigenvalue weighted by molar-refractivity contribution is 5.74. The van der Waals surface area contributed by atoms with Crippen molar-refractivity contribution in [2.45, 2.75) is 12.1 Å². The van der Waals surface area contributed by atoms with Gasteiger partial charge in [0.15, 0.2) is 0 Å². The van der Waals surface area contributed by atoms with Gasteiger partial charge in [0.1, 0.15) is 18.0 Å². The molecule has 0 aliphatic rings. The van der Waals surface area contributed by atoms with E-state index in [9.17, 15) is 9.90 Å². The number of anilines is 1. The monoisotopic (exact) mass is 225 g/mol. The number of nitrogens with zero attached hydrogens (tertiary/aromatic N) is 2. The van der Waals surface area contributed by atoms with E-state index in [2.05, 4.69) is 4.98 Å². The molecule has 0 radical (unpaired) electrons. The Labute approximate surface area is 93.3 Å². The number of aliphatic hydroxyl groups excluding tert-OH is 1. The summed E-state index contributed by atoms with van der Waals surface area (Å²) in [6.07, 6.45) is 0.293. The third kappa shape index (κ3) is 2.47. The first-order valence-corrected chi connectivity index (χ1v) is 4.74. The van der Waals surface area contributed by atoms with E-state index in [1.165, 1.54) is 0 Å². The Bertz CT molecular complexity index is 381. The van der Waals surface area contributed by atoms with Gasteiger partial charge in [-0.25, -0.2) is 4.98 Å². The Morgan fingerprint density at radius 1 is 1.56 bits per heavy atom. The third-order valence-electron chi connectivity index (χ3n) is 2.18. The summed E-state index contributed by atoms with van der Waals surface area (Å²) in [5.41, 5.74) is 5.77. The molecule has 4 N–H and O–H groups in total. The van der Waals surface area contributed by atoms with Crippen LogP contribution in [0.2, 0.25) is 0 Å². The Morgan fingerprint density at radius 3 is 2.69 bits per heavy atom. The van der Waals surface area contributed by atoms with Crippen LogP contribution < -0.4 is 10.6 Å². The Morgan fingerprint density at radius 2 is 2.19 bits per heavy atom. The second-order valence-electron chi connectivity index (χ2n) is 3.62. The minimum atomic E-state index is -1.36. The molecule has 1 heterocycles. The SMILES string of the molecule is CN(C)c1ncccc1C(O)C(N)C(=O)O. The fourth-order valence-corrected chi connectivity index (χ4v) is 1.34. The highest BCUT2D eigenvalue weighted by Gasteiger charge is 2.26. The molecule has 0 saturated heterocycles. The molecule has 0 spiro atoms. The quantitative estimate of drug-likeness (QED) is 0.644. The van der Waals surface area contributed by atoms with Crippen molar-refractivity contribution in [3.63, 3.8) is 0 Å². The van der Waals surface area contributed by atoms with Gasteiger partial charge in [-0.2, -0.15) is 0 Å². The molecule has 0 fully saturated rings. The van der Waals surface area contributed by atoms with Crippen LogP contribution in [0.3, 0.4) is 0 Å². The lowest BCUT2D eigenvalue weighted by atomic mass is 10.0. The molecule has 2 atom stereocenters. The summed E-state index contributed by atoms with van der Waals surface area (Å²) in [6.45, 7) is 0. The topological polar surface area (TPSA) is 99.7 Å². The van der Waals surface area contributed by atoms with Crippen molar-refractivity contribution >= 4 is 11.8 Å². The van der Waals surface area contributed by atoms with Gasteiger partial charge in [-0.3, -0.25) is 4.79 Å². The van der Waals surface area contributed by atoms with Gasteiger partial charge in [-0.15, -0.1) is 0 Å². The van der Waals surface area contributed by atoms with E-state index >= 15 is 0 Å². The minimum absolute atomic E-state index is 0.405. The normalized spacial score (nSPS) is 14.2. The average molecular weight is 225 g/mol. The predicted octanol–water partition coefficient (Wildman–Crippen LogP) is -0.407. The molecule has 6 heteroatoms. The van der Waals surface area contributed by atoms with Gasteiger partial charge >= 0.3 is 5.97 Å². The number of aliphatic carboxylic acids is 1. The summed E-state index contributed by atoms with van der Waals surface area (Å²) in [6, 6.07) is 1.87. The van der Waals surface area contributed by atoms with Crippen LogP contribution in [0, 0.1) is 0 Å². The lowest BCUT2D eigenvalue weighted by molar-refractivity contribution is -0.141. The first-order chi connectivity index (χ1) is 7.45. The van der Waals surface area contributed by atoms with E-state index in [-0.39, 0.29) is 0 Å². The van der Waals surface area contributed by atoms with Gasteiger partial charge in [0.25, 0.3) is 0 Å². The molecule has 0 aliphatic carbocycles. The number of carbonyl (C=O) groups is 1. The fourth-order valence-electron chi connectivity index (χ4n) is 1.34. The van der Waals surface area contributed by atoms with E-state index < -0.39 is 18.1 Å². The van der Waals surface area contributed by atoms with Crippen LogP contribution in [-0.2, 0) is 4.79 Å². The molecule has 0 aromatic carbocycles. The zero-order chi connectivity index (χ0) is 12.3. The summed E-state index contributed by atoms with van der Waals surface area (Å²) in [5, 5.41) is 18.5. The standard InChI is InChI=1S/C10H15N3O3/c1-13(2)9-6(4-3-5-12-9)8(14)7(11)10(15)16/h3-5,7-8,14H,11H2,1-2H3,(H,15,16). The van der Waals surface area contributed by atoms with Crippen LogP contribution in [0.1, 0.15) is 11.7 Å². The third-order valence-corrected chi connectivity index (χ3v) is 2.18. The molecule has 0 bridgehead atoms. The highest BCUT2D eigenvalue weighted by atomic mass is 16.4. The predicted molar refractivity (Wildman–Crippen MR) is 59.1 cm³/mol. The van der Waals surface area contributed by atoms with Gasteiger partial charge < -0.3 is 20.8 Å². The van der Waals surface area contributed by atoms with E-state index in [0.717, 1.165) is 0 Å². The molecule has 0 aliphatic heterocycles. The maximum absolute atomic E-state index is 10.7. The van der Waals surface area contributed by atoms with Crippen molar-refractivity contribution in [3.05, 3.63) is 23.9 Å². The lowest BCUT2D eigenvalue weighted by Crippen LogP contribution is -2.37. The molecular formula is C10H15N3O3. The van der Waals surface area contributed by atoms with Gasteiger partial charge in [-0.05, 0) is 6.07 Å². The van der Waals surface area contributed by atoms with Gasteiger partial charge in [0.2, 0.25) is 0 Å². The summed E-state index contributed by atoms with van der Waals surface area (Å²) in [5.74, 6) is -0.743. The maximum atomic E-state index is 10.7. The average Bonchev–Trinajstić information content (AvgIpc) is 2.26. The van der Waals surface area contributed by atoms with Gasteiger partial charge in [-0.1, -0.05) is 6.07 Å². The van der Waals surface area contributed by atoms with Gasteiger partial charge in [0, 0.05) is 25.9 Å². The van der Waals surface area contributed by atoms with E-state index in [1.807, 2.05) is 0 Å². The summed E-state index contributed by atoms with van der Waals surface area (Å²) < 4.78 is 0. The molecule has 2 unspecified atom stereocenters. The van der Waals surface area contributed by atoms with Crippen LogP contribution in [0.4, 0.5) is 5.82 Å². The Hall–Kier alpha value is -1.66. The molecule has 1 aromatic heterocycles. The number of carboxylic acids is 1. The number of pyridine rings is 1. The zero-order valence-corrected chi connectivity index (χ0v) is 9.16. The van der Waals surface area contributed by atoms with Crippen molar-refractivity contribution in [3.8, 4) is 0 Å². The van der Waals surface area contributed by atoms with E-state index in [0.29, 0.717) is 11.4 Å². The minimum Gasteiger partial charge on any atom is -0.480 e. The zero-order valence-electron chi connectivity index (χ0n) is 9.16. The number of carboxylic acid groups (broad SMARTS) is 1. The van der Waals surface area contributed by atoms with Gasteiger partial charge in [0.05, 0.1) is 0 Å². The number of rotatable bonds is 4. The number of hydrogen-bond acceptors (Lipinski definition) is 5. The largest absolute Gasteiger partial charge is 0.480 e. The smallest absolute Gasteiger partial charge is 0.323 e. The second kappa shape index (κ2) is 4.91. The molecule has 6 nitrogen and oxygen atoms in total. The van der Waals surface area contributed by atoms with Crippen LogP contribution in [0.5, 0.6) is 0 Å². The Kier molecular flexibility index (Phi) is 3.81. The summed E-state index contributed by atoms with van der Waals surface area (Å²) >= 11 is 0. The number of hydrogen-bond donors (Lipinski definition) is 3. The second-order valence-corrected chi connectivity index (χ2v) is 3.62. The fraction of sp³-hybridized carbons (Fsp3) is 0.400. The number of aliphatic hydroxyl groups is 1. The molecule has 1 rings (SSSR count). The molecule has 16 heavy (non-hydrogen) atoms. The van der Waals surface area contributed by atoms with Crippen LogP contribution in [0.15, 0.2) is 18.3 Å². The number of nitrogens with two attached hydrogens (primary N) is 1. The van der Waals surface area contributed by atoms with Crippen molar-refractivity contribution < 1.29 is 15.0 Å². The molecule has 0 amide bonds. The summed E-state index contributed by atoms with van der Waals surface area (Å²) in [4.78, 5) is 16.4. The molecule has 88 valence electrons. The van der Waals surface area contributed by atoms with E-state index in [4.69, 9.17) is 10.8 Å². The van der Waals surface area contributed by atoms with Crippen molar-refractivity contribution in [1.82, 2.24) is 4.98 Å². The lowest BCUT2D eigenvalue weighted by Gasteiger charge is -2.21. The first kappa shape index (κ1) is 12.4. The molecule has 0 saturated carbocycles. The van der Waals surface area contributed by atoms with Crippen molar-refractivity contribution in [1.29, 1.82) is 0 Å². The first-order valence-electron chi connectivity index (χ1n) is 4.74. The van der Waals surface area contributed by atoms with Crippen molar-refractivity contribution in [2.75, 3.05) is 19.0 Å². The number of aromatic nitrogens is 1. The maximum Gasteiger partial charge on any atom is 0.323 e. The molecular weight excluding hydrogens is 210 g/mol. The van der Waals surface area contributed by atoms with Crippen LogP contribution in [-0.4, -0.2) is 41.3 Å². The summed E-state index contributed by atoms with van der Waals surface area (Å²) in [7, 11) is 3.51.